The highest BCUT2D eigenvalue weighted by Crippen LogP contribution is 2.33. The summed E-state index contributed by atoms with van der Waals surface area (Å²) in [6.45, 7) is 0. The number of hydrogen-bond acceptors (Lipinski definition) is 6. The fourth-order valence-corrected chi connectivity index (χ4v) is 2.50. The zero-order valence-electron chi connectivity index (χ0n) is 12.8. The maximum atomic E-state index is 13.0. The Labute approximate surface area is 138 Å². The van der Waals surface area contributed by atoms with E-state index in [1.807, 2.05) is 6.07 Å². The maximum Gasteiger partial charge on any atom is 0.329 e. The Bertz CT molecular complexity index is 777. The van der Waals surface area contributed by atoms with Gasteiger partial charge >= 0.3 is 5.97 Å². The third-order valence-electron chi connectivity index (χ3n) is 3.76. The van der Waals surface area contributed by atoms with Gasteiger partial charge in [-0.1, -0.05) is 42.5 Å². The molecular formula is C18H15NO5. The summed E-state index contributed by atoms with van der Waals surface area (Å²) in [4.78, 5) is 25.4. The molecule has 122 valence electrons. The van der Waals surface area contributed by atoms with E-state index in [1.165, 1.54) is 36.4 Å². The van der Waals surface area contributed by atoms with Gasteiger partial charge in [0.25, 0.3) is 0 Å². The molecule has 0 fully saturated rings. The SMILES string of the molecule is COC(=O)C(C(=O)c1ccc(C#N)cc1)(c1ccccc1)C(O)O. The smallest absolute Gasteiger partial charge is 0.329 e. The zero-order chi connectivity index (χ0) is 17.7. The van der Waals surface area contributed by atoms with E-state index in [-0.39, 0.29) is 11.1 Å². The molecule has 0 heterocycles. The molecule has 0 aliphatic carbocycles. The monoisotopic (exact) mass is 325 g/mol. The van der Waals surface area contributed by atoms with Crippen molar-refractivity contribution >= 4 is 11.8 Å². The van der Waals surface area contributed by atoms with Crippen LogP contribution in [0.25, 0.3) is 0 Å². The van der Waals surface area contributed by atoms with Gasteiger partial charge in [0.05, 0.1) is 18.7 Å². The lowest BCUT2D eigenvalue weighted by atomic mass is 9.73. The lowest BCUT2D eigenvalue weighted by molar-refractivity contribution is -0.162. The van der Waals surface area contributed by atoms with Crippen LogP contribution < -0.4 is 0 Å². The van der Waals surface area contributed by atoms with Crippen LogP contribution in [0.1, 0.15) is 21.5 Å². The van der Waals surface area contributed by atoms with E-state index in [2.05, 4.69) is 4.74 Å². The Balaban J connectivity index is 2.67. The van der Waals surface area contributed by atoms with Gasteiger partial charge < -0.3 is 14.9 Å². The van der Waals surface area contributed by atoms with Crippen LogP contribution in [-0.2, 0) is 14.9 Å². The molecule has 0 aromatic heterocycles. The van der Waals surface area contributed by atoms with Crippen LogP contribution in [0.4, 0.5) is 0 Å². The first-order valence-electron chi connectivity index (χ1n) is 7.03. The minimum absolute atomic E-state index is 0.0522. The predicted octanol–water partition coefficient (Wildman–Crippen LogP) is 1.16. The first-order chi connectivity index (χ1) is 11.5. The van der Waals surface area contributed by atoms with Crippen LogP contribution in [0.2, 0.25) is 0 Å². The summed E-state index contributed by atoms with van der Waals surface area (Å²) >= 11 is 0. The average Bonchev–Trinajstić information content (AvgIpc) is 2.62. The molecule has 0 aliphatic rings. The fourth-order valence-electron chi connectivity index (χ4n) is 2.50. The summed E-state index contributed by atoms with van der Waals surface area (Å²) < 4.78 is 4.69. The van der Waals surface area contributed by atoms with Crippen molar-refractivity contribution in [2.24, 2.45) is 0 Å². The van der Waals surface area contributed by atoms with Gasteiger partial charge in [-0.2, -0.15) is 5.26 Å². The maximum absolute atomic E-state index is 13.0. The van der Waals surface area contributed by atoms with E-state index >= 15 is 0 Å². The summed E-state index contributed by atoms with van der Waals surface area (Å²) in [5.74, 6) is -1.92. The summed E-state index contributed by atoms with van der Waals surface area (Å²) in [5, 5.41) is 28.7. The average molecular weight is 325 g/mol. The van der Waals surface area contributed by atoms with Gasteiger partial charge in [0, 0.05) is 5.56 Å². The highest BCUT2D eigenvalue weighted by atomic mass is 16.5. The molecule has 0 bridgehead atoms. The number of rotatable bonds is 5. The highest BCUT2D eigenvalue weighted by Gasteiger charge is 2.54. The molecule has 0 radical (unpaired) electrons. The second-order valence-corrected chi connectivity index (χ2v) is 5.06. The van der Waals surface area contributed by atoms with E-state index in [1.54, 1.807) is 18.2 Å². The van der Waals surface area contributed by atoms with Crippen LogP contribution in [0.3, 0.4) is 0 Å². The van der Waals surface area contributed by atoms with Gasteiger partial charge in [-0.25, -0.2) is 0 Å². The number of nitrogens with zero attached hydrogens (tertiary/aromatic N) is 1. The van der Waals surface area contributed by atoms with Crippen molar-refractivity contribution in [1.29, 1.82) is 5.26 Å². The molecule has 2 rings (SSSR count). The number of esters is 1. The first kappa shape index (κ1) is 17.3. The molecule has 1 atom stereocenters. The van der Waals surface area contributed by atoms with Gasteiger partial charge in [0.2, 0.25) is 5.41 Å². The Morgan fingerprint density at radius 1 is 1.08 bits per heavy atom. The molecule has 0 aliphatic heterocycles. The van der Waals surface area contributed by atoms with Gasteiger partial charge in [-0.3, -0.25) is 9.59 Å². The number of benzene rings is 2. The van der Waals surface area contributed by atoms with Crippen molar-refractivity contribution < 1.29 is 24.5 Å². The van der Waals surface area contributed by atoms with Crippen molar-refractivity contribution in [1.82, 2.24) is 0 Å². The van der Waals surface area contributed by atoms with Gasteiger partial charge in [0.15, 0.2) is 12.1 Å². The summed E-state index contributed by atoms with van der Waals surface area (Å²) in [6, 6.07) is 15.1. The van der Waals surface area contributed by atoms with Crippen LogP contribution >= 0.6 is 0 Å². The Hall–Kier alpha value is -3.01. The number of Topliss-reactive ketones (excluding diaryl/α,β-unsaturated/α-hetero) is 1. The van der Waals surface area contributed by atoms with Crippen molar-refractivity contribution in [2.75, 3.05) is 7.11 Å². The van der Waals surface area contributed by atoms with E-state index in [9.17, 15) is 19.8 Å². The Morgan fingerprint density at radius 2 is 1.67 bits per heavy atom. The van der Waals surface area contributed by atoms with E-state index in [0.29, 0.717) is 5.56 Å². The summed E-state index contributed by atoms with van der Waals surface area (Å²) in [6.07, 6.45) is -2.31. The van der Waals surface area contributed by atoms with Gasteiger partial charge in [0.1, 0.15) is 0 Å². The molecule has 6 nitrogen and oxygen atoms in total. The third kappa shape index (κ3) is 2.78. The minimum atomic E-state index is -2.32. The lowest BCUT2D eigenvalue weighted by Crippen LogP contribution is -2.53. The lowest BCUT2D eigenvalue weighted by Gasteiger charge is -2.31. The quantitative estimate of drug-likeness (QED) is 0.370. The standard InChI is InChI=1S/C18H15NO5/c1-24-17(23)18(16(21)22,14-5-3-2-4-6-14)15(20)13-9-7-12(11-19)8-10-13/h2-10,16,21-22H,1H3. The van der Waals surface area contributed by atoms with Crippen LogP contribution in [-0.4, -0.2) is 35.4 Å². The molecule has 24 heavy (non-hydrogen) atoms. The van der Waals surface area contributed by atoms with E-state index in [0.717, 1.165) is 7.11 Å². The highest BCUT2D eigenvalue weighted by molar-refractivity contribution is 6.17. The number of ketones is 1. The number of aliphatic hydroxyl groups excluding tert-OH is 1. The largest absolute Gasteiger partial charge is 0.468 e. The molecule has 6 heteroatoms. The zero-order valence-corrected chi connectivity index (χ0v) is 12.8. The van der Waals surface area contributed by atoms with Crippen LogP contribution in [0.15, 0.2) is 54.6 Å². The Kier molecular flexibility index (Phi) is 5.09. The van der Waals surface area contributed by atoms with Crippen LogP contribution in [0, 0.1) is 11.3 Å². The van der Waals surface area contributed by atoms with Crippen LogP contribution in [0.5, 0.6) is 0 Å². The van der Waals surface area contributed by atoms with Gasteiger partial charge in [-0.15, -0.1) is 0 Å². The fraction of sp³-hybridized carbons (Fsp3) is 0.167. The molecule has 0 saturated carbocycles. The van der Waals surface area contributed by atoms with E-state index in [4.69, 9.17) is 5.26 Å². The number of nitriles is 1. The third-order valence-corrected chi connectivity index (χ3v) is 3.76. The molecule has 2 aromatic rings. The molecule has 2 aromatic carbocycles. The summed E-state index contributed by atoms with van der Waals surface area (Å²) in [5.41, 5.74) is -1.83. The number of methoxy groups -OCH3 is 1. The second-order valence-electron chi connectivity index (χ2n) is 5.06. The van der Waals surface area contributed by atoms with Crippen molar-refractivity contribution in [2.45, 2.75) is 11.7 Å². The van der Waals surface area contributed by atoms with Crippen molar-refractivity contribution in [3.63, 3.8) is 0 Å². The Morgan fingerprint density at radius 3 is 2.12 bits per heavy atom. The molecule has 0 amide bonds. The second kappa shape index (κ2) is 7.04. The summed E-state index contributed by atoms with van der Waals surface area (Å²) in [7, 11) is 1.06. The number of ether oxygens (including phenoxy) is 1. The number of aliphatic hydroxyl groups is 2. The van der Waals surface area contributed by atoms with Crippen molar-refractivity contribution in [3.05, 3.63) is 71.3 Å². The van der Waals surface area contributed by atoms with Crippen molar-refractivity contribution in [3.8, 4) is 6.07 Å². The molecule has 1 unspecified atom stereocenters. The first-order valence-corrected chi connectivity index (χ1v) is 7.03. The van der Waals surface area contributed by atoms with E-state index < -0.39 is 23.5 Å². The number of hydrogen-bond donors (Lipinski definition) is 2. The predicted molar refractivity (Wildman–Crippen MR) is 83.8 cm³/mol. The molecule has 0 saturated heterocycles. The normalized spacial score (nSPS) is 13.0. The number of carbonyl (C=O) groups is 2. The topological polar surface area (TPSA) is 108 Å². The molecular weight excluding hydrogens is 310 g/mol. The minimum Gasteiger partial charge on any atom is -0.468 e. The molecule has 2 N–H and O–H groups in total. The van der Waals surface area contributed by atoms with Gasteiger partial charge in [-0.05, 0) is 17.7 Å². The number of carbonyl (C=O) groups excluding carboxylic acids is 2. The molecule has 0 spiro atoms.